The number of ketones is 1. The highest BCUT2D eigenvalue weighted by Gasteiger charge is 2.64. The van der Waals surface area contributed by atoms with Gasteiger partial charge in [0.15, 0.2) is 5.78 Å². The van der Waals surface area contributed by atoms with Gasteiger partial charge in [-0.15, -0.1) is 0 Å². The summed E-state index contributed by atoms with van der Waals surface area (Å²) in [5.74, 6) is -2.08. The Kier molecular flexibility index (Phi) is 5.14. The molecule has 0 aliphatic carbocycles. The molecule has 164 valence electrons. The summed E-state index contributed by atoms with van der Waals surface area (Å²) in [4.78, 5) is 43.9. The lowest BCUT2D eigenvalue weighted by Crippen LogP contribution is -2.49. The van der Waals surface area contributed by atoms with E-state index in [4.69, 9.17) is 16.3 Å². The number of imide groups is 1. The van der Waals surface area contributed by atoms with Crippen LogP contribution in [0.5, 0.6) is 0 Å². The molecule has 3 aliphatic rings. The molecule has 3 aliphatic heterocycles. The van der Waals surface area contributed by atoms with E-state index in [2.05, 4.69) is 0 Å². The molecule has 32 heavy (non-hydrogen) atoms. The number of allylic oxidation sites excluding steroid dienone is 1. The van der Waals surface area contributed by atoms with Crippen molar-refractivity contribution < 1.29 is 19.1 Å². The summed E-state index contributed by atoms with van der Waals surface area (Å²) < 4.78 is 5.10. The van der Waals surface area contributed by atoms with E-state index >= 15 is 0 Å². The highest BCUT2D eigenvalue weighted by atomic mass is 35.5. The lowest BCUT2D eigenvalue weighted by molar-refractivity contribution is -0.141. The van der Waals surface area contributed by atoms with Crippen LogP contribution in [0.4, 0.5) is 5.69 Å². The number of nitrogens with zero attached hydrogens (tertiary/aromatic N) is 2. The molecule has 0 aromatic heterocycles. The highest BCUT2D eigenvalue weighted by Crippen LogP contribution is 2.50. The van der Waals surface area contributed by atoms with Crippen LogP contribution >= 0.6 is 11.6 Å². The Hall–Kier alpha value is -2.96. The van der Waals surface area contributed by atoms with Crippen LogP contribution in [0.25, 0.3) is 5.57 Å². The molecule has 4 atom stereocenters. The summed E-state index contributed by atoms with van der Waals surface area (Å²) >= 11 is 6.02. The minimum atomic E-state index is -0.777. The van der Waals surface area contributed by atoms with Crippen LogP contribution in [0.1, 0.15) is 22.8 Å². The van der Waals surface area contributed by atoms with Gasteiger partial charge < -0.3 is 9.64 Å². The summed E-state index contributed by atoms with van der Waals surface area (Å²) in [6, 6.07) is 13.4. The average molecular weight is 451 g/mol. The maximum atomic E-state index is 13.8. The number of para-hydroxylation sites is 1. The fourth-order valence-corrected chi connectivity index (χ4v) is 5.47. The Labute approximate surface area is 191 Å². The van der Waals surface area contributed by atoms with Gasteiger partial charge in [0.2, 0.25) is 11.8 Å². The monoisotopic (exact) mass is 450 g/mol. The Morgan fingerprint density at radius 1 is 1.03 bits per heavy atom. The van der Waals surface area contributed by atoms with Gasteiger partial charge in [0.25, 0.3) is 0 Å². The largest absolute Gasteiger partial charge is 0.383 e. The van der Waals surface area contributed by atoms with Gasteiger partial charge in [-0.2, -0.15) is 0 Å². The number of Topliss-reactive ketones (excluding diaryl/α,β-unsaturated/α-hetero) is 1. The number of benzene rings is 2. The van der Waals surface area contributed by atoms with Crippen molar-refractivity contribution in [3.05, 3.63) is 70.8 Å². The van der Waals surface area contributed by atoms with Crippen LogP contribution < -0.4 is 4.90 Å². The van der Waals surface area contributed by atoms with Gasteiger partial charge in [-0.1, -0.05) is 35.9 Å². The molecule has 2 aromatic rings. The summed E-state index contributed by atoms with van der Waals surface area (Å²) in [7, 11) is 1.53. The van der Waals surface area contributed by atoms with Crippen LogP contribution in [-0.2, 0) is 14.3 Å². The molecular formula is C25H23ClN2O4. The highest BCUT2D eigenvalue weighted by molar-refractivity contribution is 6.30. The first-order valence-electron chi connectivity index (χ1n) is 10.6. The number of halogens is 1. The molecule has 0 bridgehead atoms. The molecule has 0 radical (unpaired) electrons. The van der Waals surface area contributed by atoms with E-state index in [0.29, 0.717) is 10.6 Å². The van der Waals surface area contributed by atoms with Gasteiger partial charge >= 0.3 is 0 Å². The van der Waals surface area contributed by atoms with E-state index in [1.807, 2.05) is 42.2 Å². The number of carbonyl (C=O) groups excluding carboxylic acids is 3. The molecule has 7 heteroatoms. The SMILES string of the molecule is COCCN1C(=O)[C@@H]2[C@H](C1=O)[C@@H](C(=O)c1ccc(Cl)cc1)N1c3ccccc3C(C)=C[C@H]21. The van der Waals surface area contributed by atoms with Crippen molar-refractivity contribution >= 4 is 40.5 Å². The summed E-state index contributed by atoms with van der Waals surface area (Å²) in [5.41, 5.74) is 3.39. The van der Waals surface area contributed by atoms with Gasteiger partial charge in [0.1, 0.15) is 6.04 Å². The maximum absolute atomic E-state index is 13.8. The molecular weight excluding hydrogens is 428 g/mol. The number of rotatable bonds is 5. The fourth-order valence-electron chi connectivity index (χ4n) is 5.35. The predicted octanol–water partition coefficient (Wildman–Crippen LogP) is 3.44. The number of hydrogen-bond acceptors (Lipinski definition) is 5. The molecule has 6 nitrogen and oxygen atoms in total. The molecule has 2 aromatic carbocycles. The molecule has 0 N–H and O–H groups in total. The Bertz CT molecular complexity index is 1140. The van der Waals surface area contributed by atoms with E-state index in [1.54, 1.807) is 24.3 Å². The normalized spacial score (nSPS) is 26.0. The van der Waals surface area contributed by atoms with Crippen molar-refractivity contribution in [2.45, 2.75) is 19.0 Å². The zero-order valence-corrected chi connectivity index (χ0v) is 18.6. The molecule has 2 amide bonds. The second kappa shape index (κ2) is 7.87. The number of fused-ring (bicyclic) bond motifs is 5. The van der Waals surface area contributed by atoms with Crippen molar-refractivity contribution in [3.63, 3.8) is 0 Å². The van der Waals surface area contributed by atoms with Gasteiger partial charge in [-0.25, -0.2) is 0 Å². The van der Waals surface area contributed by atoms with Crippen LogP contribution in [0.15, 0.2) is 54.6 Å². The van der Waals surface area contributed by atoms with Gasteiger partial charge in [0, 0.05) is 28.9 Å². The van der Waals surface area contributed by atoms with Crippen molar-refractivity contribution in [3.8, 4) is 0 Å². The lowest BCUT2D eigenvalue weighted by Gasteiger charge is -2.38. The summed E-state index contributed by atoms with van der Waals surface area (Å²) in [6.45, 7) is 2.46. The van der Waals surface area contributed by atoms with Gasteiger partial charge in [-0.05, 0) is 42.8 Å². The number of amides is 2. The standard InChI is InChI=1S/C25H23ClN2O4/c1-14-13-19-20-21(25(31)27(24(20)30)11-12-32-2)22(23(29)15-7-9-16(26)10-8-15)28(19)18-6-4-3-5-17(14)18/h3-10,13,19-22H,11-12H2,1-2H3/t19-,20+,21+,22+/m1/s1. The topological polar surface area (TPSA) is 66.9 Å². The first kappa shape index (κ1) is 20.9. The Balaban J connectivity index is 1.64. The number of likely N-dealkylation sites (tertiary alicyclic amines) is 1. The van der Waals surface area contributed by atoms with Gasteiger partial charge in [-0.3, -0.25) is 19.3 Å². The third-order valence-electron chi connectivity index (χ3n) is 6.76. The van der Waals surface area contributed by atoms with Crippen molar-refractivity contribution in [2.75, 3.05) is 25.2 Å². The number of carbonyl (C=O) groups is 3. The number of methoxy groups -OCH3 is 1. The first-order valence-corrected chi connectivity index (χ1v) is 11.0. The molecule has 2 saturated heterocycles. The van der Waals surface area contributed by atoms with Crippen molar-refractivity contribution in [1.82, 2.24) is 4.90 Å². The van der Waals surface area contributed by atoms with E-state index < -0.39 is 17.9 Å². The molecule has 0 unspecified atom stereocenters. The van der Waals surface area contributed by atoms with E-state index in [1.165, 1.54) is 12.0 Å². The first-order chi connectivity index (χ1) is 15.4. The number of anilines is 1. The predicted molar refractivity (Wildman–Crippen MR) is 122 cm³/mol. The Morgan fingerprint density at radius 3 is 2.44 bits per heavy atom. The van der Waals surface area contributed by atoms with Crippen molar-refractivity contribution in [2.24, 2.45) is 11.8 Å². The number of hydrogen-bond donors (Lipinski definition) is 0. The fraction of sp³-hybridized carbons (Fsp3) is 0.320. The summed E-state index contributed by atoms with van der Waals surface area (Å²) in [5, 5.41) is 0.531. The average Bonchev–Trinajstić information content (AvgIpc) is 3.25. The van der Waals surface area contributed by atoms with E-state index in [0.717, 1.165) is 16.8 Å². The van der Waals surface area contributed by atoms with Crippen LogP contribution in [0.2, 0.25) is 5.02 Å². The van der Waals surface area contributed by atoms with Crippen LogP contribution in [0.3, 0.4) is 0 Å². The second-order valence-corrected chi connectivity index (χ2v) is 8.89. The van der Waals surface area contributed by atoms with Crippen LogP contribution in [0, 0.1) is 11.8 Å². The molecule has 0 spiro atoms. The third kappa shape index (κ3) is 3.01. The molecule has 0 saturated carbocycles. The smallest absolute Gasteiger partial charge is 0.235 e. The Morgan fingerprint density at radius 2 is 1.72 bits per heavy atom. The quantitative estimate of drug-likeness (QED) is 0.515. The van der Waals surface area contributed by atoms with Crippen LogP contribution in [-0.4, -0.2) is 54.8 Å². The molecule has 2 fully saturated rings. The second-order valence-electron chi connectivity index (χ2n) is 8.45. The maximum Gasteiger partial charge on any atom is 0.235 e. The zero-order chi connectivity index (χ0) is 22.6. The van der Waals surface area contributed by atoms with E-state index in [-0.39, 0.29) is 36.8 Å². The van der Waals surface area contributed by atoms with E-state index in [9.17, 15) is 14.4 Å². The summed E-state index contributed by atoms with van der Waals surface area (Å²) in [6.07, 6.45) is 2.03. The molecule has 5 rings (SSSR count). The minimum Gasteiger partial charge on any atom is -0.383 e. The minimum absolute atomic E-state index is 0.184. The lowest BCUT2D eigenvalue weighted by atomic mass is 9.85. The zero-order valence-electron chi connectivity index (χ0n) is 17.8. The molecule has 3 heterocycles. The van der Waals surface area contributed by atoms with Crippen molar-refractivity contribution in [1.29, 1.82) is 0 Å². The third-order valence-corrected chi connectivity index (χ3v) is 7.01. The van der Waals surface area contributed by atoms with Gasteiger partial charge in [0.05, 0.1) is 31.0 Å². The number of ether oxygens (including phenoxy) is 1.